The summed E-state index contributed by atoms with van der Waals surface area (Å²) < 4.78 is 10.7. The molecule has 1 atom stereocenters. The van der Waals surface area contributed by atoms with Crippen LogP contribution in [0, 0.1) is 0 Å². The van der Waals surface area contributed by atoms with Crippen molar-refractivity contribution in [3.63, 3.8) is 0 Å². The minimum absolute atomic E-state index is 0.576. The molecule has 27 heavy (non-hydrogen) atoms. The first-order valence-electron chi connectivity index (χ1n) is 8.69. The highest BCUT2D eigenvalue weighted by Gasteiger charge is 2.13. The fraction of sp³-hybridized carbons (Fsp3) is 0.286. The van der Waals surface area contributed by atoms with Gasteiger partial charge in [0.15, 0.2) is 11.5 Å². The number of hydrogen-bond acceptors (Lipinski definition) is 4. The van der Waals surface area contributed by atoms with Crippen molar-refractivity contribution < 1.29 is 14.4 Å². The van der Waals surface area contributed by atoms with Gasteiger partial charge in [-0.05, 0) is 42.7 Å². The van der Waals surface area contributed by atoms with E-state index in [1.807, 2.05) is 12.1 Å². The maximum atomic E-state index is 6.47. The van der Waals surface area contributed by atoms with Crippen molar-refractivity contribution in [1.82, 2.24) is 4.98 Å². The molecule has 0 aliphatic heterocycles. The topological polar surface area (TPSA) is 35.8 Å². The second kappa shape index (κ2) is 8.83. The predicted molar refractivity (Wildman–Crippen MR) is 112 cm³/mol. The van der Waals surface area contributed by atoms with Crippen LogP contribution in [0.1, 0.15) is 11.1 Å². The van der Waals surface area contributed by atoms with Crippen LogP contribution in [0.4, 0.5) is 0 Å². The van der Waals surface area contributed by atoms with Crippen LogP contribution < -0.4 is 14.4 Å². The lowest BCUT2D eigenvalue weighted by atomic mass is 10.1. The Morgan fingerprint density at radius 2 is 1.78 bits per heavy atom. The van der Waals surface area contributed by atoms with Crippen molar-refractivity contribution in [3.8, 4) is 11.5 Å². The molecule has 3 aromatic rings. The number of fused-ring (bicyclic) bond motifs is 1. The highest BCUT2D eigenvalue weighted by molar-refractivity contribution is 7.98. The van der Waals surface area contributed by atoms with Crippen molar-refractivity contribution in [3.05, 3.63) is 58.7 Å². The molecule has 0 saturated carbocycles. The largest absolute Gasteiger partial charge is 0.493 e. The van der Waals surface area contributed by atoms with Gasteiger partial charge in [-0.25, -0.2) is 4.98 Å². The molecular weight excluding hydrogens is 380 g/mol. The van der Waals surface area contributed by atoms with E-state index >= 15 is 0 Å². The maximum Gasteiger partial charge on any atom is 0.161 e. The summed E-state index contributed by atoms with van der Waals surface area (Å²) in [5.74, 6) is 1.49. The van der Waals surface area contributed by atoms with E-state index in [0.29, 0.717) is 5.15 Å². The quantitative estimate of drug-likeness (QED) is 0.480. The van der Waals surface area contributed by atoms with E-state index in [4.69, 9.17) is 21.1 Å². The van der Waals surface area contributed by atoms with Crippen LogP contribution in [0.5, 0.6) is 11.5 Å². The van der Waals surface area contributed by atoms with Crippen LogP contribution in [0.15, 0.2) is 47.4 Å². The van der Waals surface area contributed by atoms with Crippen molar-refractivity contribution in [2.75, 3.05) is 27.5 Å². The number of thioether (sulfide) groups is 1. The van der Waals surface area contributed by atoms with Crippen LogP contribution in [-0.2, 0) is 13.1 Å². The lowest BCUT2D eigenvalue weighted by Crippen LogP contribution is -3.06. The zero-order valence-electron chi connectivity index (χ0n) is 16.0. The number of hydrogen-bond donors (Lipinski definition) is 1. The number of quaternary nitrogens is 1. The molecule has 1 N–H and O–H groups in total. The molecule has 3 rings (SSSR count). The first-order chi connectivity index (χ1) is 13.0. The Bertz CT molecular complexity index is 949. The summed E-state index contributed by atoms with van der Waals surface area (Å²) >= 11 is 8.17. The van der Waals surface area contributed by atoms with Gasteiger partial charge in [0.05, 0.1) is 26.8 Å². The number of methoxy groups -OCH3 is 2. The molecule has 1 heterocycles. The predicted octanol–water partition coefficient (Wildman–Crippen LogP) is 3.84. The minimum atomic E-state index is 0.576. The van der Waals surface area contributed by atoms with E-state index < -0.39 is 0 Å². The fourth-order valence-electron chi connectivity index (χ4n) is 3.14. The Morgan fingerprint density at radius 1 is 1.00 bits per heavy atom. The SMILES string of the molecule is COc1ccc(C[NH+](C)Cc2cc3ccc(SC)cc3nc2Cl)cc1OC. The van der Waals surface area contributed by atoms with Gasteiger partial charge in [-0.1, -0.05) is 17.7 Å². The smallest absolute Gasteiger partial charge is 0.161 e. The summed E-state index contributed by atoms with van der Waals surface area (Å²) in [4.78, 5) is 7.10. The Hall–Kier alpha value is -1.95. The molecule has 0 fully saturated rings. The molecule has 0 amide bonds. The number of rotatable bonds is 7. The molecule has 4 nitrogen and oxygen atoms in total. The summed E-state index contributed by atoms with van der Waals surface area (Å²) in [5.41, 5.74) is 3.17. The Morgan fingerprint density at radius 3 is 2.48 bits per heavy atom. The van der Waals surface area contributed by atoms with Gasteiger partial charge in [0.2, 0.25) is 0 Å². The number of aromatic nitrogens is 1. The third kappa shape index (κ3) is 4.67. The van der Waals surface area contributed by atoms with Crippen molar-refractivity contribution in [2.24, 2.45) is 0 Å². The summed E-state index contributed by atoms with van der Waals surface area (Å²) in [6.07, 6.45) is 2.06. The fourth-order valence-corrected chi connectivity index (χ4v) is 3.79. The van der Waals surface area contributed by atoms with Gasteiger partial charge >= 0.3 is 0 Å². The molecular formula is C21H24ClN2O2S+. The maximum absolute atomic E-state index is 6.47. The van der Waals surface area contributed by atoms with Crippen LogP contribution in [-0.4, -0.2) is 32.5 Å². The summed E-state index contributed by atoms with van der Waals surface area (Å²) in [7, 11) is 5.45. The van der Waals surface area contributed by atoms with Crippen molar-refractivity contribution in [2.45, 2.75) is 18.0 Å². The average Bonchev–Trinajstić information content (AvgIpc) is 2.68. The highest BCUT2D eigenvalue weighted by Crippen LogP contribution is 2.27. The summed E-state index contributed by atoms with van der Waals surface area (Å²) in [6, 6.07) is 14.5. The Labute approximate surface area is 169 Å². The van der Waals surface area contributed by atoms with E-state index in [0.717, 1.165) is 41.1 Å². The molecule has 2 aromatic carbocycles. The number of nitrogens with zero attached hydrogens (tertiary/aromatic N) is 1. The zero-order chi connectivity index (χ0) is 19.4. The number of benzene rings is 2. The second-order valence-corrected chi connectivity index (χ2v) is 7.73. The van der Waals surface area contributed by atoms with Gasteiger partial charge in [-0.15, -0.1) is 11.8 Å². The van der Waals surface area contributed by atoms with Crippen molar-refractivity contribution >= 4 is 34.3 Å². The van der Waals surface area contributed by atoms with Gasteiger partial charge in [0, 0.05) is 21.4 Å². The Kier molecular flexibility index (Phi) is 6.47. The molecule has 6 heteroatoms. The standard InChI is InChI=1S/C21H23ClN2O2S/c1-24(12-14-5-8-19(25-2)20(9-14)26-3)13-16-10-15-6-7-17(27-4)11-18(15)23-21(16)22/h5-11H,12-13H2,1-4H3/p+1. The number of nitrogens with one attached hydrogen (secondary N) is 1. The van der Waals surface area contributed by atoms with E-state index in [2.05, 4.69) is 48.6 Å². The van der Waals surface area contributed by atoms with E-state index in [1.165, 1.54) is 15.4 Å². The molecule has 0 aliphatic rings. The van der Waals surface area contributed by atoms with Crippen LogP contribution in [0.2, 0.25) is 5.15 Å². The van der Waals surface area contributed by atoms with Crippen LogP contribution in [0.25, 0.3) is 10.9 Å². The van der Waals surface area contributed by atoms with Gasteiger partial charge in [0.1, 0.15) is 18.2 Å². The van der Waals surface area contributed by atoms with Crippen LogP contribution in [0.3, 0.4) is 0 Å². The summed E-state index contributed by atoms with van der Waals surface area (Å²) in [6.45, 7) is 1.64. The molecule has 1 aromatic heterocycles. The van der Waals surface area contributed by atoms with E-state index in [1.54, 1.807) is 26.0 Å². The molecule has 0 aliphatic carbocycles. The van der Waals surface area contributed by atoms with Gasteiger partial charge in [-0.3, -0.25) is 0 Å². The van der Waals surface area contributed by atoms with Crippen LogP contribution >= 0.6 is 23.4 Å². The lowest BCUT2D eigenvalue weighted by Gasteiger charge is -2.16. The molecule has 0 radical (unpaired) electrons. The Balaban J connectivity index is 1.77. The number of pyridine rings is 1. The monoisotopic (exact) mass is 403 g/mol. The highest BCUT2D eigenvalue weighted by atomic mass is 35.5. The molecule has 1 unspecified atom stereocenters. The first kappa shape index (κ1) is 19.8. The normalized spacial score (nSPS) is 12.2. The first-order valence-corrected chi connectivity index (χ1v) is 10.3. The molecule has 0 spiro atoms. The van der Waals surface area contributed by atoms with Crippen molar-refractivity contribution in [1.29, 1.82) is 0 Å². The number of halogens is 1. The number of ether oxygens (including phenoxy) is 2. The lowest BCUT2D eigenvalue weighted by molar-refractivity contribution is -0.907. The molecule has 0 saturated heterocycles. The third-order valence-electron chi connectivity index (χ3n) is 4.50. The zero-order valence-corrected chi connectivity index (χ0v) is 17.6. The van der Waals surface area contributed by atoms with E-state index in [9.17, 15) is 0 Å². The average molecular weight is 404 g/mol. The third-order valence-corrected chi connectivity index (χ3v) is 5.55. The molecule has 0 bridgehead atoms. The van der Waals surface area contributed by atoms with Gasteiger partial charge in [0.25, 0.3) is 0 Å². The second-order valence-electron chi connectivity index (χ2n) is 6.50. The molecule has 142 valence electrons. The minimum Gasteiger partial charge on any atom is -0.493 e. The van der Waals surface area contributed by atoms with Gasteiger partial charge in [-0.2, -0.15) is 0 Å². The summed E-state index contributed by atoms with van der Waals surface area (Å²) in [5, 5.41) is 1.69. The van der Waals surface area contributed by atoms with Gasteiger partial charge < -0.3 is 14.4 Å². The van der Waals surface area contributed by atoms with E-state index in [-0.39, 0.29) is 0 Å².